The Morgan fingerprint density at radius 2 is 2.00 bits per heavy atom. The molecule has 0 bridgehead atoms. The molecule has 2 aromatic heterocycles. The molecule has 0 saturated heterocycles. The van der Waals surface area contributed by atoms with Gasteiger partial charge >= 0.3 is 5.97 Å². The lowest BCUT2D eigenvalue weighted by Gasteiger charge is -2.17. The van der Waals surface area contributed by atoms with Crippen molar-refractivity contribution < 1.29 is 23.1 Å². The number of benzene rings is 1. The Bertz CT molecular complexity index is 903. The number of rotatable bonds is 7. The lowest BCUT2D eigenvalue weighted by atomic mass is 10.2. The Balaban J connectivity index is 1.48. The summed E-state index contributed by atoms with van der Waals surface area (Å²) in [4.78, 5) is 25.5. The highest BCUT2D eigenvalue weighted by atomic mass is 19.1. The van der Waals surface area contributed by atoms with Crippen molar-refractivity contribution in [2.24, 2.45) is 0 Å². The minimum atomic E-state index is -0.717. The number of hydrogen-bond acceptors (Lipinski definition) is 5. The van der Waals surface area contributed by atoms with Crippen LogP contribution < -0.4 is 0 Å². The summed E-state index contributed by atoms with van der Waals surface area (Å²) in [6, 6.07) is 10.8. The molecule has 0 saturated carbocycles. The molecule has 0 spiro atoms. The van der Waals surface area contributed by atoms with Gasteiger partial charge in [-0.25, -0.2) is 9.18 Å². The first-order valence-electron chi connectivity index (χ1n) is 8.23. The predicted molar refractivity (Wildman–Crippen MR) is 93.2 cm³/mol. The Kier molecular flexibility index (Phi) is 5.65. The fourth-order valence-corrected chi connectivity index (χ4v) is 2.39. The summed E-state index contributed by atoms with van der Waals surface area (Å²) in [6.45, 7) is 0.261. The molecule has 1 amide bonds. The number of halogens is 1. The molecule has 0 N–H and O–H groups in total. The van der Waals surface area contributed by atoms with E-state index in [0.717, 1.165) is 5.56 Å². The van der Waals surface area contributed by atoms with Crippen LogP contribution in [0, 0.1) is 5.82 Å². The first-order valence-corrected chi connectivity index (χ1v) is 8.23. The van der Waals surface area contributed by atoms with Crippen LogP contribution in [0.2, 0.25) is 0 Å². The number of furan rings is 1. The zero-order valence-electron chi connectivity index (χ0n) is 14.7. The molecular formula is C19H18FN3O4. The number of esters is 1. The lowest BCUT2D eigenvalue weighted by molar-refractivity contribution is -0.133. The number of carbonyl (C=O) groups is 2. The van der Waals surface area contributed by atoms with Crippen molar-refractivity contribution in [1.29, 1.82) is 0 Å². The first kappa shape index (κ1) is 18.4. The van der Waals surface area contributed by atoms with E-state index in [4.69, 9.17) is 9.15 Å². The SMILES string of the molecule is CN(Cc1ccc(F)cc1)C(=O)COC(=O)c1ccc(Cn2cccn2)o1. The van der Waals surface area contributed by atoms with Gasteiger partial charge in [-0.1, -0.05) is 12.1 Å². The molecule has 8 heteroatoms. The minimum Gasteiger partial charge on any atom is -0.452 e. The van der Waals surface area contributed by atoms with E-state index in [9.17, 15) is 14.0 Å². The van der Waals surface area contributed by atoms with Crippen molar-refractivity contribution in [3.05, 3.63) is 77.8 Å². The standard InChI is InChI=1S/C19H18FN3O4/c1-22(11-14-3-5-15(20)6-4-14)18(24)13-26-19(25)17-8-7-16(27-17)12-23-10-2-9-21-23/h2-10H,11-13H2,1H3. The molecule has 0 atom stereocenters. The zero-order valence-corrected chi connectivity index (χ0v) is 14.7. The number of carbonyl (C=O) groups excluding carboxylic acids is 2. The van der Waals surface area contributed by atoms with Crippen LogP contribution in [-0.4, -0.2) is 40.2 Å². The van der Waals surface area contributed by atoms with Crippen LogP contribution in [0.1, 0.15) is 21.9 Å². The van der Waals surface area contributed by atoms with E-state index in [1.54, 1.807) is 48.4 Å². The van der Waals surface area contributed by atoms with E-state index in [-0.39, 0.29) is 24.0 Å². The summed E-state index contributed by atoms with van der Waals surface area (Å²) in [5.74, 6) is -0.871. The van der Waals surface area contributed by atoms with Crippen LogP contribution in [-0.2, 0) is 22.6 Å². The number of aromatic nitrogens is 2. The Morgan fingerprint density at radius 1 is 1.22 bits per heavy atom. The maximum atomic E-state index is 12.9. The van der Waals surface area contributed by atoms with Gasteiger partial charge in [-0.15, -0.1) is 0 Å². The van der Waals surface area contributed by atoms with Gasteiger partial charge in [0.15, 0.2) is 6.61 Å². The second-order valence-electron chi connectivity index (χ2n) is 5.92. The van der Waals surface area contributed by atoms with Gasteiger partial charge in [0.2, 0.25) is 5.76 Å². The van der Waals surface area contributed by atoms with Crippen molar-refractivity contribution in [1.82, 2.24) is 14.7 Å². The summed E-state index contributed by atoms with van der Waals surface area (Å²) in [5, 5.41) is 4.05. The zero-order chi connectivity index (χ0) is 19.2. The molecule has 0 unspecified atom stereocenters. The van der Waals surface area contributed by atoms with Crippen molar-refractivity contribution in [2.45, 2.75) is 13.1 Å². The molecule has 2 heterocycles. The van der Waals surface area contributed by atoms with E-state index in [2.05, 4.69) is 5.10 Å². The van der Waals surface area contributed by atoms with Gasteiger partial charge in [0.05, 0.1) is 6.54 Å². The van der Waals surface area contributed by atoms with Crippen molar-refractivity contribution in [3.63, 3.8) is 0 Å². The maximum Gasteiger partial charge on any atom is 0.374 e. The molecule has 27 heavy (non-hydrogen) atoms. The number of ether oxygens (including phenoxy) is 1. The topological polar surface area (TPSA) is 77.6 Å². The van der Waals surface area contributed by atoms with Gasteiger partial charge in [0.1, 0.15) is 11.6 Å². The fraction of sp³-hybridized carbons (Fsp3) is 0.211. The fourth-order valence-electron chi connectivity index (χ4n) is 2.39. The summed E-state index contributed by atoms with van der Waals surface area (Å²) in [5.41, 5.74) is 0.771. The van der Waals surface area contributed by atoms with E-state index < -0.39 is 12.6 Å². The van der Waals surface area contributed by atoms with E-state index in [1.165, 1.54) is 23.1 Å². The van der Waals surface area contributed by atoms with Crippen LogP contribution >= 0.6 is 0 Å². The highest BCUT2D eigenvalue weighted by molar-refractivity contribution is 5.88. The van der Waals surface area contributed by atoms with Crippen LogP contribution in [0.5, 0.6) is 0 Å². The van der Waals surface area contributed by atoms with Crippen molar-refractivity contribution in [2.75, 3.05) is 13.7 Å². The minimum absolute atomic E-state index is 0.0196. The molecule has 1 aromatic carbocycles. The Morgan fingerprint density at radius 3 is 2.70 bits per heavy atom. The summed E-state index contributed by atoms with van der Waals surface area (Å²) in [7, 11) is 1.58. The van der Waals surface area contributed by atoms with E-state index in [1.807, 2.05) is 0 Å². The molecule has 7 nitrogen and oxygen atoms in total. The van der Waals surface area contributed by atoms with Gasteiger partial charge in [0, 0.05) is 26.0 Å². The van der Waals surface area contributed by atoms with Crippen molar-refractivity contribution in [3.8, 4) is 0 Å². The molecule has 140 valence electrons. The van der Waals surface area contributed by atoms with Crippen LogP contribution in [0.25, 0.3) is 0 Å². The molecule has 0 fully saturated rings. The molecule has 0 aliphatic carbocycles. The Labute approximate surface area is 154 Å². The maximum absolute atomic E-state index is 12.9. The van der Waals surface area contributed by atoms with Crippen LogP contribution in [0.15, 0.2) is 59.3 Å². The molecule has 3 rings (SSSR count). The summed E-state index contributed by atoms with van der Waals surface area (Å²) >= 11 is 0. The van der Waals surface area contributed by atoms with Gasteiger partial charge in [-0.3, -0.25) is 9.48 Å². The first-order chi connectivity index (χ1) is 13.0. The number of nitrogens with zero attached hydrogens (tertiary/aromatic N) is 3. The van der Waals surface area contributed by atoms with Crippen LogP contribution in [0.4, 0.5) is 4.39 Å². The summed E-state index contributed by atoms with van der Waals surface area (Å²) in [6.07, 6.45) is 3.42. The third-order valence-corrected chi connectivity index (χ3v) is 3.83. The molecule has 0 aliphatic heterocycles. The normalized spacial score (nSPS) is 10.6. The third kappa shape index (κ3) is 5.04. The van der Waals surface area contributed by atoms with E-state index >= 15 is 0 Å². The van der Waals surface area contributed by atoms with Gasteiger partial charge < -0.3 is 14.1 Å². The van der Waals surface area contributed by atoms with Crippen LogP contribution in [0.3, 0.4) is 0 Å². The average molecular weight is 371 g/mol. The second-order valence-corrected chi connectivity index (χ2v) is 5.92. The number of amides is 1. The van der Waals surface area contributed by atoms with Crippen molar-refractivity contribution >= 4 is 11.9 Å². The largest absolute Gasteiger partial charge is 0.452 e. The highest BCUT2D eigenvalue weighted by Gasteiger charge is 2.17. The van der Waals surface area contributed by atoms with Gasteiger partial charge in [-0.2, -0.15) is 5.10 Å². The Hall–Kier alpha value is -3.42. The molecule has 3 aromatic rings. The second kappa shape index (κ2) is 8.31. The van der Waals surface area contributed by atoms with Gasteiger partial charge in [-0.05, 0) is 35.9 Å². The quantitative estimate of drug-likeness (QED) is 0.596. The monoisotopic (exact) mass is 371 g/mol. The highest BCUT2D eigenvalue weighted by Crippen LogP contribution is 2.11. The van der Waals surface area contributed by atoms with E-state index in [0.29, 0.717) is 12.3 Å². The van der Waals surface area contributed by atoms with Gasteiger partial charge in [0.25, 0.3) is 5.91 Å². The lowest BCUT2D eigenvalue weighted by Crippen LogP contribution is -2.30. The molecule has 0 radical (unpaired) electrons. The number of likely N-dealkylation sites (N-methyl/N-ethyl adjacent to an activating group) is 1. The average Bonchev–Trinajstić information content (AvgIpc) is 3.34. The third-order valence-electron chi connectivity index (χ3n) is 3.83. The molecule has 0 aliphatic rings. The smallest absolute Gasteiger partial charge is 0.374 e. The number of hydrogen-bond donors (Lipinski definition) is 0. The summed E-state index contributed by atoms with van der Waals surface area (Å²) < 4.78 is 25.0. The molecular weight excluding hydrogens is 353 g/mol. The predicted octanol–water partition coefficient (Wildman–Crippen LogP) is 2.48.